The largest absolute Gasteiger partial charge is 0.494 e. The summed E-state index contributed by atoms with van der Waals surface area (Å²) in [6.07, 6.45) is -0.793. The zero-order valence-corrected chi connectivity index (χ0v) is 10.6. The van der Waals surface area contributed by atoms with E-state index >= 15 is 0 Å². The molecule has 0 spiro atoms. The summed E-state index contributed by atoms with van der Waals surface area (Å²) >= 11 is 5.22. The molecule has 96 valence electrons. The molecule has 0 saturated heterocycles. The minimum atomic E-state index is -0.793. The molecule has 7 heteroatoms. The lowest BCUT2D eigenvalue weighted by molar-refractivity contribution is 0.152. The molecule has 0 aliphatic carbocycles. The van der Waals surface area contributed by atoms with Crippen molar-refractivity contribution in [3.05, 3.63) is 23.0 Å². The van der Waals surface area contributed by atoms with Crippen molar-refractivity contribution in [3.8, 4) is 5.75 Å². The molecule has 3 N–H and O–H groups in total. The summed E-state index contributed by atoms with van der Waals surface area (Å²) in [7, 11) is 1.60. The Labute approximate surface area is 108 Å². The van der Waals surface area contributed by atoms with Crippen molar-refractivity contribution in [2.45, 2.75) is 6.54 Å². The van der Waals surface area contributed by atoms with E-state index < -0.39 is 6.09 Å². The number of aromatic amines is 1. The number of carbonyl (C=O) groups is 1. The van der Waals surface area contributed by atoms with Gasteiger partial charge in [0.15, 0.2) is 4.77 Å². The van der Waals surface area contributed by atoms with Crippen LogP contribution >= 0.6 is 12.2 Å². The third-order valence-electron chi connectivity index (χ3n) is 2.55. The van der Waals surface area contributed by atoms with Crippen molar-refractivity contribution >= 4 is 29.3 Å². The number of nitrogens with two attached hydrogens (primary N) is 1. The highest BCUT2D eigenvalue weighted by atomic mass is 32.1. The van der Waals surface area contributed by atoms with Crippen LogP contribution in [-0.2, 0) is 11.3 Å². The number of ether oxygens (including phenoxy) is 2. The normalized spacial score (nSPS) is 10.5. The monoisotopic (exact) mass is 267 g/mol. The van der Waals surface area contributed by atoms with Crippen LogP contribution < -0.4 is 10.5 Å². The van der Waals surface area contributed by atoms with Gasteiger partial charge in [-0.15, -0.1) is 0 Å². The van der Waals surface area contributed by atoms with E-state index in [1.165, 1.54) is 0 Å². The molecule has 0 aliphatic heterocycles. The van der Waals surface area contributed by atoms with Gasteiger partial charge in [0.25, 0.3) is 0 Å². The Balaban J connectivity index is 2.36. The summed E-state index contributed by atoms with van der Waals surface area (Å²) in [5, 5.41) is 0. The molecule has 1 aromatic carbocycles. The number of hydrogen-bond acceptors (Lipinski definition) is 4. The SMILES string of the molecule is COc1cccc2c1[nH]c(=S)n2CCOC(N)=O. The number of primary amides is 1. The molecule has 18 heavy (non-hydrogen) atoms. The predicted molar refractivity (Wildman–Crippen MR) is 69.2 cm³/mol. The molecule has 0 aliphatic rings. The predicted octanol–water partition coefficient (Wildman–Crippen LogP) is 1.80. The van der Waals surface area contributed by atoms with Gasteiger partial charge in [-0.1, -0.05) is 6.07 Å². The van der Waals surface area contributed by atoms with Gasteiger partial charge in [0.05, 0.1) is 19.2 Å². The van der Waals surface area contributed by atoms with E-state index in [0.717, 1.165) is 11.0 Å². The first-order valence-corrected chi connectivity index (χ1v) is 5.72. The van der Waals surface area contributed by atoms with Gasteiger partial charge in [-0.05, 0) is 24.4 Å². The Morgan fingerprint density at radius 3 is 3.00 bits per heavy atom. The number of hydrogen-bond donors (Lipinski definition) is 2. The summed E-state index contributed by atoms with van der Waals surface area (Å²) < 4.78 is 12.3. The number of para-hydroxylation sites is 1. The number of benzene rings is 1. The number of nitrogens with one attached hydrogen (secondary N) is 1. The van der Waals surface area contributed by atoms with E-state index in [4.69, 9.17) is 27.4 Å². The highest BCUT2D eigenvalue weighted by Crippen LogP contribution is 2.24. The summed E-state index contributed by atoms with van der Waals surface area (Å²) in [4.78, 5) is 13.6. The van der Waals surface area contributed by atoms with E-state index in [-0.39, 0.29) is 6.61 Å². The number of aromatic nitrogens is 2. The average Bonchev–Trinajstić information content (AvgIpc) is 2.65. The fourth-order valence-electron chi connectivity index (χ4n) is 1.78. The number of methoxy groups -OCH3 is 1. The fourth-order valence-corrected chi connectivity index (χ4v) is 2.08. The molecule has 0 saturated carbocycles. The van der Waals surface area contributed by atoms with Gasteiger partial charge in [0.1, 0.15) is 17.9 Å². The molecular formula is C11H13N3O3S. The molecule has 0 fully saturated rings. The maximum absolute atomic E-state index is 10.5. The molecule has 6 nitrogen and oxygen atoms in total. The molecule has 0 unspecified atom stereocenters. The molecule has 2 aromatic rings. The number of amides is 1. The van der Waals surface area contributed by atoms with E-state index in [1.807, 2.05) is 22.8 Å². The zero-order chi connectivity index (χ0) is 13.1. The summed E-state index contributed by atoms with van der Waals surface area (Å²) in [6, 6.07) is 5.63. The highest BCUT2D eigenvalue weighted by Gasteiger charge is 2.08. The van der Waals surface area contributed by atoms with Crippen LogP contribution in [-0.4, -0.2) is 29.4 Å². The molecule has 1 amide bonds. The number of nitrogens with zero attached hydrogens (tertiary/aromatic N) is 1. The first-order chi connectivity index (χ1) is 8.63. The van der Waals surface area contributed by atoms with Crippen LogP contribution in [0.2, 0.25) is 0 Å². The standard InChI is InChI=1S/C11H13N3O3S/c1-16-8-4-2-3-7-9(8)13-11(18)14(7)5-6-17-10(12)15/h2-4H,5-6H2,1H3,(H2,12,15)(H,13,18). The van der Waals surface area contributed by atoms with E-state index in [0.29, 0.717) is 17.1 Å². The quantitative estimate of drug-likeness (QED) is 0.827. The van der Waals surface area contributed by atoms with Gasteiger partial charge >= 0.3 is 6.09 Å². The Morgan fingerprint density at radius 1 is 1.56 bits per heavy atom. The third-order valence-corrected chi connectivity index (χ3v) is 2.87. The topological polar surface area (TPSA) is 82.3 Å². The molecule has 1 heterocycles. The van der Waals surface area contributed by atoms with Crippen LogP contribution in [0.3, 0.4) is 0 Å². The summed E-state index contributed by atoms with van der Waals surface area (Å²) in [5.74, 6) is 0.716. The lowest BCUT2D eigenvalue weighted by atomic mass is 10.3. The first kappa shape index (κ1) is 12.4. The van der Waals surface area contributed by atoms with E-state index in [2.05, 4.69) is 4.98 Å². The minimum absolute atomic E-state index is 0.174. The van der Waals surface area contributed by atoms with Crippen molar-refractivity contribution in [1.29, 1.82) is 0 Å². The van der Waals surface area contributed by atoms with Gasteiger partial charge in [-0.25, -0.2) is 4.79 Å². The van der Waals surface area contributed by atoms with Crippen LogP contribution in [0.15, 0.2) is 18.2 Å². The molecule has 0 bridgehead atoms. The Morgan fingerprint density at radius 2 is 2.33 bits per heavy atom. The fraction of sp³-hybridized carbons (Fsp3) is 0.273. The van der Waals surface area contributed by atoms with Gasteiger partial charge in [-0.2, -0.15) is 0 Å². The number of fused-ring (bicyclic) bond motifs is 1. The van der Waals surface area contributed by atoms with Crippen molar-refractivity contribution < 1.29 is 14.3 Å². The molecule has 1 aromatic heterocycles. The molecule has 2 rings (SSSR count). The van der Waals surface area contributed by atoms with E-state index in [9.17, 15) is 4.79 Å². The lowest BCUT2D eigenvalue weighted by Crippen LogP contribution is -2.16. The van der Waals surface area contributed by atoms with Crippen LogP contribution in [0.5, 0.6) is 5.75 Å². The number of H-pyrrole nitrogens is 1. The van der Waals surface area contributed by atoms with Gasteiger partial charge in [-0.3, -0.25) is 0 Å². The van der Waals surface area contributed by atoms with Crippen molar-refractivity contribution in [2.24, 2.45) is 5.73 Å². The lowest BCUT2D eigenvalue weighted by Gasteiger charge is -2.05. The third kappa shape index (κ3) is 2.30. The zero-order valence-electron chi connectivity index (χ0n) is 9.80. The Kier molecular flexibility index (Phi) is 3.52. The smallest absolute Gasteiger partial charge is 0.404 e. The van der Waals surface area contributed by atoms with Crippen molar-refractivity contribution in [2.75, 3.05) is 13.7 Å². The maximum Gasteiger partial charge on any atom is 0.404 e. The summed E-state index contributed by atoms with van der Waals surface area (Å²) in [6.45, 7) is 0.614. The van der Waals surface area contributed by atoms with Gasteiger partial charge in [0.2, 0.25) is 0 Å². The second-order valence-corrected chi connectivity index (χ2v) is 3.99. The summed E-state index contributed by atoms with van der Waals surface area (Å²) in [5.41, 5.74) is 6.62. The average molecular weight is 267 g/mol. The second-order valence-electron chi connectivity index (χ2n) is 3.60. The Bertz CT molecular complexity index is 632. The second kappa shape index (κ2) is 5.09. The van der Waals surface area contributed by atoms with Crippen LogP contribution in [0.4, 0.5) is 4.79 Å². The van der Waals surface area contributed by atoms with Crippen LogP contribution in [0, 0.1) is 4.77 Å². The number of rotatable bonds is 4. The van der Waals surface area contributed by atoms with Gasteiger partial charge in [0, 0.05) is 0 Å². The van der Waals surface area contributed by atoms with Crippen LogP contribution in [0.25, 0.3) is 11.0 Å². The number of imidazole rings is 1. The van der Waals surface area contributed by atoms with E-state index in [1.54, 1.807) is 7.11 Å². The van der Waals surface area contributed by atoms with Crippen molar-refractivity contribution in [1.82, 2.24) is 9.55 Å². The Hall–Kier alpha value is -2.02. The first-order valence-electron chi connectivity index (χ1n) is 5.31. The van der Waals surface area contributed by atoms with Gasteiger partial charge < -0.3 is 24.8 Å². The van der Waals surface area contributed by atoms with Crippen LogP contribution in [0.1, 0.15) is 0 Å². The highest BCUT2D eigenvalue weighted by molar-refractivity contribution is 7.71. The van der Waals surface area contributed by atoms with Crippen molar-refractivity contribution in [3.63, 3.8) is 0 Å². The molecule has 0 radical (unpaired) electrons. The number of carbonyl (C=O) groups excluding carboxylic acids is 1. The maximum atomic E-state index is 10.5. The molecule has 0 atom stereocenters. The molecular weight excluding hydrogens is 254 g/mol. The minimum Gasteiger partial charge on any atom is -0.494 e.